The van der Waals surface area contributed by atoms with Crippen LogP contribution in [-0.2, 0) is 4.74 Å². The first-order valence-corrected chi connectivity index (χ1v) is 7.66. The number of carbonyl (C=O) groups is 2. The lowest BCUT2D eigenvalue weighted by Crippen LogP contribution is -2.23. The van der Waals surface area contributed by atoms with Gasteiger partial charge in [-0.15, -0.1) is 11.3 Å². The first-order chi connectivity index (χ1) is 9.54. The second kappa shape index (κ2) is 5.83. The van der Waals surface area contributed by atoms with Crippen LogP contribution in [0.15, 0.2) is 0 Å². The van der Waals surface area contributed by atoms with Crippen LogP contribution in [0.2, 0.25) is 0 Å². The molecule has 0 aliphatic heterocycles. The smallest absolute Gasteiger partial charge is 0.343 e. The maximum Gasteiger partial charge on any atom is 0.343 e. The predicted octanol–water partition coefficient (Wildman–Crippen LogP) is 2.56. The minimum absolute atomic E-state index is 0.0658. The molecular weight excluding hydrogens is 276 g/mol. The highest BCUT2D eigenvalue weighted by molar-refractivity contribution is 7.19. The van der Waals surface area contributed by atoms with Gasteiger partial charge in [0.1, 0.15) is 10.6 Å². The van der Waals surface area contributed by atoms with Crippen molar-refractivity contribution in [1.29, 1.82) is 0 Å². The lowest BCUT2D eigenvalue weighted by Gasteiger charge is -2.20. The average molecular weight is 296 g/mol. The largest absolute Gasteiger partial charge is 0.465 e. The molecule has 0 amide bonds. The van der Waals surface area contributed by atoms with Gasteiger partial charge < -0.3 is 15.4 Å². The lowest BCUT2D eigenvalue weighted by molar-refractivity contribution is 0.0603. The van der Waals surface area contributed by atoms with E-state index < -0.39 is 5.97 Å². The van der Waals surface area contributed by atoms with Crippen molar-refractivity contribution in [2.45, 2.75) is 26.7 Å². The summed E-state index contributed by atoms with van der Waals surface area (Å²) in [6.07, 6.45) is 1.84. The Morgan fingerprint density at radius 1 is 1.35 bits per heavy atom. The topological polar surface area (TPSA) is 72.6 Å². The number of nitrogens with zero attached hydrogens (tertiary/aromatic N) is 1. The van der Waals surface area contributed by atoms with E-state index in [0.717, 1.165) is 30.9 Å². The number of Topliss-reactive ketones (excluding diaryl/α,β-unsaturated/α-hetero) is 1. The summed E-state index contributed by atoms with van der Waals surface area (Å²) < 4.78 is 4.82. The first kappa shape index (κ1) is 14.8. The van der Waals surface area contributed by atoms with Crippen LogP contribution in [0.3, 0.4) is 0 Å². The lowest BCUT2D eigenvalue weighted by atomic mass is 10.1. The van der Waals surface area contributed by atoms with Gasteiger partial charge in [0, 0.05) is 19.0 Å². The number of hydrogen-bond acceptors (Lipinski definition) is 6. The average Bonchev–Trinajstić information content (AvgIpc) is 3.24. The summed E-state index contributed by atoms with van der Waals surface area (Å²) in [5, 5.41) is 0.739. The standard InChI is InChI=1S/C14H20N2O3S/c1-4-16(5-2)13-9(14(18)19-3)10(15)12(20-13)11(17)8-6-7-8/h8H,4-7,15H2,1-3H3. The van der Waals surface area contributed by atoms with Crippen molar-refractivity contribution in [1.82, 2.24) is 0 Å². The fraction of sp³-hybridized carbons (Fsp3) is 0.571. The van der Waals surface area contributed by atoms with Crippen LogP contribution in [0.5, 0.6) is 0 Å². The number of thiophene rings is 1. The molecule has 0 bridgehead atoms. The molecule has 2 rings (SSSR count). The van der Waals surface area contributed by atoms with E-state index in [-0.39, 0.29) is 17.4 Å². The molecule has 20 heavy (non-hydrogen) atoms. The SMILES string of the molecule is CCN(CC)c1sc(C(=O)C2CC2)c(N)c1C(=O)OC. The summed E-state index contributed by atoms with van der Waals surface area (Å²) >= 11 is 1.31. The van der Waals surface area contributed by atoms with Crippen molar-refractivity contribution in [3.63, 3.8) is 0 Å². The van der Waals surface area contributed by atoms with Crippen LogP contribution in [0.1, 0.15) is 46.7 Å². The van der Waals surface area contributed by atoms with Gasteiger partial charge in [-0.05, 0) is 26.7 Å². The summed E-state index contributed by atoms with van der Waals surface area (Å²) in [4.78, 5) is 26.8. The van der Waals surface area contributed by atoms with Gasteiger partial charge >= 0.3 is 5.97 Å². The van der Waals surface area contributed by atoms with E-state index in [0.29, 0.717) is 10.4 Å². The van der Waals surface area contributed by atoms with Crippen LogP contribution in [0.4, 0.5) is 10.7 Å². The van der Waals surface area contributed by atoms with Gasteiger partial charge in [-0.3, -0.25) is 4.79 Å². The Bertz CT molecular complexity index is 531. The maximum absolute atomic E-state index is 12.3. The fourth-order valence-corrected chi connectivity index (χ4v) is 3.53. The summed E-state index contributed by atoms with van der Waals surface area (Å²) in [5.41, 5.74) is 6.67. The summed E-state index contributed by atoms with van der Waals surface area (Å²) in [6.45, 7) is 5.50. The van der Waals surface area contributed by atoms with Crippen molar-refractivity contribution in [2.24, 2.45) is 5.92 Å². The zero-order chi connectivity index (χ0) is 14.9. The Hall–Kier alpha value is -1.56. The number of nitrogen functional groups attached to an aromatic ring is 1. The first-order valence-electron chi connectivity index (χ1n) is 6.84. The maximum atomic E-state index is 12.3. The van der Waals surface area contributed by atoms with Gasteiger partial charge in [-0.25, -0.2) is 4.79 Å². The van der Waals surface area contributed by atoms with Crippen LogP contribution >= 0.6 is 11.3 Å². The van der Waals surface area contributed by atoms with Gasteiger partial charge in [0.25, 0.3) is 0 Å². The normalized spacial score (nSPS) is 14.2. The van der Waals surface area contributed by atoms with Gasteiger partial charge in [0.05, 0.1) is 17.7 Å². The highest BCUT2D eigenvalue weighted by atomic mass is 32.1. The van der Waals surface area contributed by atoms with Crippen molar-refractivity contribution >= 4 is 33.8 Å². The zero-order valence-electron chi connectivity index (χ0n) is 12.1. The molecule has 0 spiro atoms. The fourth-order valence-electron chi connectivity index (χ4n) is 2.18. The number of anilines is 2. The molecule has 110 valence electrons. The molecule has 0 unspecified atom stereocenters. The summed E-state index contributed by atoms with van der Waals surface area (Å²) in [7, 11) is 1.33. The summed E-state index contributed by atoms with van der Waals surface area (Å²) in [5.74, 6) is -0.322. The number of ether oxygens (including phenoxy) is 1. The Morgan fingerprint density at radius 3 is 2.40 bits per heavy atom. The van der Waals surface area contributed by atoms with E-state index in [2.05, 4.69) is 0 Å². The van der Waals surface area contributed by atoms with Gasteiger partial charge in [-0.2, -0.15) is 0 Å². The number of esters is 1. The molecule has 1 aromatic heterocycles. The molecule has 6 heteroatoms. The van der Waals surface area contributed by atoms with E-state index in [1.807, 2.05) is 18.7 Å². The number of ketones is 1. The summed E-state index contributed by atoms with van der Waals surface area (Å²) in [6, 6.07) is 0. The highest BCUT2D eigenvalue weighted by Crippen LogP contribution is 2.43. The number of nitrogens with two attached hydrogens (primary N) is 1. The van der Waals surface area contributed by atoms with E-state index >= 15 is 0 Å². The van der Waals surface area contributed by atoms with Gasteiger partial charge in [0.2, 0.25) is 0 Å². The Kier molecular flexibility index (Phi) is 4.32. The molecule has 5 nitrogen and oxygen atoms in total. The Balaban J connectivity index is 2.50. The number of methoxy groups -OCH3 is 1. The van der Waals surface area contributed by atoms with Crippen LogP contribution in [0, 0.1) is 5.92 Å². The van der Waals surface area contributed by atoms with Crippen LogP contribution in [-0.4, -0.2) is 32.0 Å². The molecule has 1 heterocycles. The van der Waals surface area contributed by atoms with Crippen LogP contribution < -0.4 is 10.6 Å². The van der Waals surface area contributed by atoms with Crippen molar-refractivity contribution in [2.75, 3.05) is 30.8 Å². The molecule has 0 radical (unpaired) electrons. The molecule has 0 aromatic carbocycles. The van der Waals surface area contributed by atoms with Gasteiger partial charge in [-0.1, -0.05) is 0 Å². The van der Waals surface area contributed by atoms with Crippen molar-refractivity contribution in [3.8, 4) is 0 Å². The third kappa shape index (κ3) is 2.52. The second-order valence-electron chi connectivity index (χ2n) is 4.83. The Labute approximate surface area is 122 Å². The monoisotopic (exact) mass is 296 g/mol. The van der Waals surface area contributed by atoms with E-state index in [4.69, 9.17) is 10.5 Å². The van der Waals surface area contributed by atoms with Gasteiger partial charge in [0.15, 0.2) is 5.78 Å². The molecule has 0 atom stereocenters. The quantitative estimate of drug-likeness (QED) is 0.645. The number of rotatable bonds is 6. The predicted molar refractivity (Wildman–Crippen MR) is 80.7 cm³/mol. The van der Waals surface area contributed by atoms with Crippen molar-refractivity contribution < 1.29 is 14.3 Å². The molecule has 1 aliphatic carbocycles. The van der Waals surface area contributed by atoms with E-state index in [9.17, 15) is 9.59 Å². The zero-order valence-corrected chi connectivity index (χ0v) is 12.9. The minimum atomic E-state index is -0.476. The molecular formula is C14H20N2O3S. The molecule has 2 N–H and O–H groups in total. The molecule has 1 saturated carbocycles. The number of hydrogen-bond donors (Lipinski definition) is 1. The number of carbonyl (C=O) groups excluding carboxylic acids is 2. The molecule has 1 aromatic rings. The van der Waals surface area contributed by atoms with Crippen LogP contribution in [0.25, 0.3) is 0 Å². The van der Waals surface area contributed by atoms with E-state index in [1.165, 1.54) is 18.4 Å². The molecule has 1 fully saturated rings. The highest BCUT2D eigenvalue weighted by Gasteiger charge is 2.36. The molecule has 1 aliphatic rings. The second-order valence-corrected chi connectivity index (χ2v) is 5.83. The van der Waals surface area contributed by atoms with E-state index in [1.54, 1.807) is 0 Å². The third-order valence-corrected chi connectivity index (χ3v) is 4.82. The third-order valence-electron chi connectivity index (χ3n) is 3.54. The minimum Gasteiger partial charge on any atom is -0.465 e. The Morgan fingerprint density at radius 2 is 1.95 bits per heavy atom. The van der Waals surface area contributed by atoms with Crippen molar-refractivity contribution in [3.05, 3.63) is 10.4 Å². The molecule has 0 saturated heterocycles.